The fourth-order valence-corrected chi connectivity index (χ4v) is 1.48. The van der Waals surface area contributed by atoms with Gasteiger partial charge in [0.1, 0.15) is 0 Å². The van der Waals surface area contributed by atoms with Gasteiger partial charge in [-0.2, -0.15) is 4.98 Å². The van der Waals surface area contributed by atoms with Crippen molar-refractivity contribution in [3.8, 4) is 0 Å². The fraction of sp³-hybridized carbons (Fsp3) is 0.385. The Kier molecular flexibility index (Phi) is 3.54. The van der Waals surface area contributed by atoms with E-state index in [0.717, 1.165) is 5.56 Å². The van der Waals surface area contributed by atoms with Gasteiger partial charge in [-0.1, -0.05) is 35.5 Å². The molecular formula is C13H15N2O2. The molecule has 0 saturated heterocycles. The highest BCUT2D eigenvalue weighted by Gasteiger charge is 2.26. The average Bonchev–Trinajstić information content (AvgIpc) is 2.84. The number of aromatic nitrogens is 2. The third kappa shape index (κ3) is 3.14. The van der Waals surface area contributed by atoms with Gasteiger partial charge in [-0.25, -0.2) is 0 Å². The third-order valence-electron chi connectivity index (χ3n) is 2.48. The second-order valence-corrected chi connectivity index (χ2v) is 4.56. The minimum atomic E-state index is -0.290. The fourth-order valence-electron chi connectivity index (χ4n) is 1.48. The molecule has 0 atom stereocenters. The van der Waals surface area contributed by atoms with Crippen LogP contribution in [0.15, 0.2) is 34.9 Å². The smallest absolute Gasteiger partial charge is 0.243 e. The highest BCUT2D eigenvalue weighted by Crippen LogP contribution is 2.21. The number of hydrogen-bond donors (Lipinski definition) is 0. The lowest BCUT2D eigenvalue weighted by Crippen LogP contribution is -2.24. The molecule has 4 heteroatoms. The summed E-state index contributed by atoms with van der Waals surface area (Å²) in [4.78, 5) is 3.93. The Morgan fingerprint density at radius 3 is 2.71 bits per heavy atom. The van der Waals surface area contributed by atoms with Crippen LogP contribution in [-0.4, -0.2) is 16.7 Å². The lowest BCUT2D eigenvalue weighted by atomic mass is 9.95. The molecular weight excluding hydrogens is 216 g/mol. The number of nitrogens with zero attached hydrogens (tertiary/aromatic N) is 2. The van der Waals surface area contributed by atoms with Crippen molar-refractivity contribution in [3.63, 3.8) is 0 Å². The van der Waals surface area contributed by atoms with E-state index in [1.54, 1.807) is 0 Å². The monoisotopic (exact) mass is 231 g/mol. The summed E-state index contributed by atoms with van der Waals surface area (Å²) in [6, 6.07) is 10.1. The first kappa shape index (κ1) is 11.8. The second kappa shape index (κ2) is 5.10. The zero-order valence-corrected chi connectivity index (χ0v) is 10.0. The van der Waals surface area contributed by atoms with Crippen LogP contribution in [0.5, 0.6) is 0 Å². The lowest BCUT2D eigenvalue weighted by molar-refractivity contribution is 0.0704. The Labute approximate surface area is 101 Å². The van der Waals surface area contributed by atoms with E-state index >= 15 is 0 Å². The van der Waals surface area contributed by atoms with Gasteiger partial charge < -0.3 is 9.26 Å². The molecule has 1 aromatic carbocycles. The van der Waals surface area contributed by atoms with Crippen molar-refractivity contribution in [2.75, 3.05) is 6.61 Å². The maximum Gasteiger partial charge on any atom is 0.243 e. The third-order valence-corrected chi connectivity index (χ3v) is 2.48. The van der Waals surface area contributed by atoms with E-state index in [2.05, 4.69) is 16.5 Å². The van der Waals surface area contributed by atoms with Gasteiger partial charge >= 0.3 is 0 Å². The minimum Gasteiger partial charge on any atom is -0.376 e. The standard InChI is InChI=1S/C13H15N2O2/c1-13(2,12-14-10-15-17-12)9-16-8-11-6-4-3-5-7-11/h3-7H,8-9H2,1-2H3. The number of ether oxygens (including phenoxy) is 1. The van der Waals surface area contributed by atoms with Crippen LogP contribution in [0.4, 0.5) is 0 Å². The Morgan fingerprint density at radius 1 is 1.29 bits per heavy atom. The highest BCUT2D eigenvalue weighted by molar-refractivity contribution is 5.13. The molecule has 0 fully saturated rings. The predicted octanol–water partition coefficient (Wildman–Crippen LogP) is 2.36. The Balaban J connectivity index is 1.86. The predicted molar refractivity (Wildman–Crippen MR) is 62.3 cm³/mol. The van der Waals surface area contributed by atoms with Crippen LogP contribution in [0.3, 0.4) is 0 Å². The summed E-state index contributed by atoms with van der Waals surface area (Å²) < 4.78 is 10.7. The molecule has 0 saturated carbocycles. The quantitative estimate of drug-likeness (QED) is 0.792. The van der Waals surface area contributed by atoms with Crippen LogP contribution < -0.4 is 0 Å². The van der Waals surface area contributed by atoms with Crippen molar-refractivity contribution in [1.29, 1.82) is 0 Å². The zero-order valence-electron chi connectivity index (χ0n) is 10.0. The first-order valence-electron chi connectivity index (χ1n) is 5.50. The molecule has 0 bridgehead atoms. The minimum absolute atomic E-state index is 0.290. The van der Waals surface area contributed by atoms with E-state index in [4.69, 9.17) is 9.26 Å². The van der Waals surface area contributed by atoms with Gasteiger partial charge in [0.2, 0.25) is 12.2 Å². The van der Waals surface area contributed by atoms with E-state index in [-0.39, 0.29) is 5.41 Å². The summed E-state index contributed by atoms with van der Waals surface area (Å²) in [6.07, 6.45) is 2.42. The van der Waals surface area contributed by atoms with Crippen molar-refractivity contribution >= 4 is 0 Å². The molecule has 2 aromatic rings. The molecule has 1 heterocycles. The maximum atomic E-state index is 5.67. The van der Waals surface area contributed by atoms with Crippen molar-refractivity contribution in [3.05, 3.63) is 48.1 Å². The van der Waals surface area contributed by atoms with Crippen molar-refractivity contribution in [2.45, 2.75) is 25.9 Å². The summed E-state index contributed by atoms with van der Waals surface area (Å²) in [5.74, 6) is 0.547. The molecule has 0 aliphatic rings. The first-order chi connectivity index (χ1) is 8.18. The molecule has 2 rings (SSSR count). The van der Waals surface area contributed by atoms with Crippen molar-refractivity contribution in [2.24, 2.45) is 0 Å². The van der Waals surface area contributed by atoms with E-state index in [9.17, 15) is 0 Å². The summed E-state index contributed by atoms with van der Waals surface area (Å²) >= 11 is 0. The van der Waals surface area contributed by atoms with Gasteiger partial charge in [0.15, 0.2) is 0 Å². The van der Waals surface area contributed by atoms with Crippen molar-refractivity contribution in [1.82, 2.24) is 10.1 Å². The van der Waals surface area contributed by atoms with Gasteiger partial charge in [-0.05, 0) is 19.4 Å². The molecule has 4 nitrogen and oxygen atoms in total. The number of benzene rings is 1. The van der Waals surface area contributed by atoms with Crippen molar-refractivity contribution < 1.29 is 9.26 Å². The van der Waals surface area contributed by atoms with Gasteiger partial charge in [0, 0.05) is 0 Å². The molecule has 0 aliphatic carbocycles. The summed E-state index contributed by atoms with van der Waals surface area (Å²) in [7, 11) is 0. The Bertz CT molecular complexity index is 438. The average molecular weight is 231 g/mol. The summed E-state index contributed by atoms with van der Waals surface area (Å²) in [6.45, 7) is 5.11. The van der Waals surface area contributed by atoms with Crippen LogP contribution in [0, 0.1) is 6.33 Å². The van der Waals surface area contributed by atoms with Crippen LogP contribution >= 0.6 is 0 Å². The SMILES string of the molecule is CC(C)(COCc1ccccc1)c1n[c]no1. The van der Waals surface area contributed by atoms with Gasteiger partial charge in [-0.3, -0.25) is 0 Å². The normalized spacial score (nSPS) is 11.6. The molecule has 1 radical (unpaired) electrons. The van der Waals surface area contributed by atoms with Gasteiger partial charge in [-0.15, -0.1) is 0 Å². The summed E-state index contributed by atoms with van der Waals surface area (Å²) in [5, 5.41) is 3.49. The Hall–Kier alpha value is -1.68. The van der Waals surface area contributed by atoms with Gasteiger partial charge in [0.25, 0.3) is 0 Å². The largest absolute Gasteiger partial charge is 0.376 e. The lowest BCUT2D eigenvalue weighted by Gasteiger charge is -2.19. The van der Waals surface area contributed by atoms with E-state index in [1.165, 1.54) is 0 Å². The molecule has 0 amide bonds. The first-order valence-corrected chi connectivity index (χ1v) is 5.50. The second-order valence-electron chi connectivity index (χ2n) is 4.56. The molecule has 17 heavy (non-hydrogen) atoms. The van der Waals surface area contributed by atoms with E-state index in [1.807, 2.05) is 44.2 Å². The number of rotatable bonds is 5. The van der Waals surface area contributed by atoms with E-state index in [0.29, 0.717) is 19.1 Å². The highest BCUT2D eigenvalue weighted by atomic mass is 16.5. The summed E-state index contributed by atoms with van der Waals surface area (Å²) in [5.41, 5.74) is 0.863. The molecule has 1 aromatic heterocycles. The molecule has 0 aliphatic heterocycles. The molecule has 0 N–H and O–H groups in total. The van der Waals surface area contributed by atoms with Gasteiger partial charge in [0.05, 0.1) is 18.6 Å². The van der Waals surface area contributed by atoms with Crippen LogP contribution in [-0.2, 0) is 16.8 Å². The van der Waals surface area contributed by atoms with Crippen LogP contribution in [0.2, 0.25) is 0 Å². The molecule has 89 valence electrons. The van der Waals surface area contributed by atoms with Crippen LogP contribution in [0.1, 0.15) is 25.3 Å². The zero-order chi connectivity index (χ0) is 12.1. The topological polar surface area (TPSA) is 48.2 Å². The maximum absolute atomic E-state index is 5.67. The molecule has 0 unspecified atom stereocenters. The Morgan fingerprint density at radius 2 is 2.06 bits per heavy atom. The van der Waals surface area contributed by atoms with E-state index < -0.39 is 0 Å². The number of hydrogen-bond acceptors (Lipinski definition) is 4. The van der Waals surface area contributed by atoms with Crippen LogP contribution in [0.25, 0.3) is 0 Å². The molecule has 0 spiro atoms.